The lowest BCUT2D eigenvalue weighted by molar-refractivity contribution is -0.123. The molecule has 4 rings (SSSR count). The van der Waals surface area contributed by atoms with E-state index in [1.807, 2.05) is 13.0 Å². The molecule has 1 aliphatic rings. The van der Waals surface area contributed by atoms with E-state index in [9.17, 15) is 13.2 Å². The van der Waals surface area contributed by atoms with Crippen molar-refractivity contribution in [2.75, 3.05) is 0 Å². The van der Waals surface area contributed by atoms with E-state index >= 15 is 0 Å². The summed E-state index contributed by atoms with van der Waals surface area (Å²) in [6, 6.07) is 8.53. The van der Waals surface area contributed by atoms with Crippen molar-refractivity contribution in [3.63, 3.8) is 0 Å². The van der Waals surface area contributed by atoms with Crippen LogP contribution < -0.4 is 0 Å². The number of carbonyl (C=O) groups is 1. The Labute approximate surface area is 170 Å². The molecule has 1 fully saturated rings. The molecule has 1 N–H and O–H groups in total. The monoisotopic (exact) mass is 411 g/mol. The van der Waals surface area contributed by atoms with Gasteiger partial charge in [-0.05, 0) is 49.9 Å². The summed E-state index contributed by atoms with van der Waals surface area (Å²) < 4.78 is 26.6. The molecular formula is C22H25N3O3S. The van der Waals surface area contributed by atoms with Crippen molar-refractivity contribution in [3.05, 3.63) is 47.8 Å². The summed E-state index contributed by atoms with van der Waals surface area (Å²) in [6.07, 6.45) is 7.53. The quantitative estimate of drug-likeness (QED) is 0.657. The number of aryl methyl sites for hydroxylation is 2. The Morgan fingerprint density at radius 1 is 1.14 bits per heavy atom. The summed E-state index contributed by atoms with van der Waals surface area (Å²) in [6.45, 7) is 1.85. The molecule has 0 unspecified atom stereocenters. The van der Waals surface area contributed by atoms with Gasteiger partial charge in [-0.1, -0.05) is 31.4 Å². The molecule has 1 aromatic carbocycles. The van der Waals surface area contributed by atoms with Crippen LogP contribution in [-0.2, 0) is 21.1 Å². The number of nitrogens with one attached hydrogen (secondary N) is 1. The van der Waals surface area contributed by atoms with Crippen molar-refractivity contribution in [1.82, 2.24) is 15.0 Å². The highest BCUT2D eigenvalue weighted by atomic mass is 32.2. The first-order valence-electron chi connectivity index (χ1n) is 10.1. The molecule has 0 amide bonds. The molecule has 0 atom stereocenters. The van der Waals surface area contributed by atoms with Crippen LogP contribution >= 0.6 is 0 Å². The van der Waals surface area contributed by atoms with Crippen LogP contribution in [0.1, 0.15) is 49.8 Å². The maximum Gasteiger partial charge on any atom is 0.225 e. The van der Waals surface area contributed by atoms with Crippen LogP contribution in [0.25, 0.3) is 11.2 Å². The van der Waals surface area contributed by atoms with Gasteiger partial charge in [0.2, 0.25) is 9.84 Å². The maximum atomic E-state index is 13.3. The van der Waals surface area contributed by atoms with Crippen LogP contribution in [0.15, 0.2) is 46.5 Å². The number of ketones is 1. The number of fused-ring (bicyclic) bond motifs is 1. The average molecular weight is 412 g/mol. The summed E-state index contributed by atoms with van der Waals surface area (Å²) in [7, 11) is -3.84. The fourth-order valence-corrected chi connectivity index (χ4v) is 5.53. The fraction of sp³-hybridized carbons (Fsp3) is 0.409. The Bertz CT molecular complexity index is 1150. The van der Waals surface area contributed by atoms with Gasteiger partial charge in [-0.15, -0.1) is 0 Å². The van der Waals surface area contributed by atoms with Crippen LogP contribution in [0.2, 0.25) is 0 Å². The highest BCUT2D eigenvalue weighted by Crippen LogP contribution is 2.28. The largest absolute Gasteiger partial charge is 0.345 e. The third-order valence-electron chi connectivity index (χ3n) is 5.64. The SMILES string of the molecule is Cc1cccc(S(=O)(=O)c2nc3[nH]ccc3nc2CCC(=O)C2CCCCC2)c1. The maximum absolute atomic E-state index is 13.3. The summed E-state index contributed by atoms with van der Waals surface area (Å²) >= 11 is 0. The fourth-order valence-electron chi connectivity index (χ4n) is 4.03. The van der Waals surface area contributed by atoms with Gasteiger partial charge in [0.25, 0.3) is 0 Å². The predicted molar refractivity (Wildman–Crippen MR) is 110 cm³/mol. The number of nitrogens with zero attached hydrogens (tertiary/aromatic N) is 2. The minimum absolute atomic E-state index is 0.0607. The second kappa shape index (κ2) is 8.06. The van der Waals surface area contributed by atoms with Crippen LogP contribution in [0, 0.1) is 12.8 Å². The number of aromatic amines is 1. The van der Waals surface area contributed by atoms with Gasteiger partial charge in [-0.2, -0.15) is 0 Å². The molecule has 152 valence electrons. The zero-order chi connectivity index (χ0) is 20.4. The highest BCUT2D eigenvalue weighted by Gasteiger charge is 2.27. The molecule has 0 aliphatic heterocycles. The second-order valence-corrected chi connectivity index (χ2v) is 9.67. The van der Waals surface area contributed by atoms with E-state index in [4.69, 9.17) is 0 Å². The Hall–Kier alpha value is -2.54. The van der Waals surface area contributed by atoms with Crippen molar-refractivity contribution >= 4 is 26.8 Å². The van der Waals surface area contributed by atoms with E-state index in [1.54, 1.807) is 30.5 Å². The minimum Gasteiger partial charge on any atom is -0.345 e. The van der Waals surface area contributed by atoms with Gasteiger partial charge in [-0.3, -0.25) is 4.79 Å². The first-order valence-corrected chi connectivity index (χ1v) is 11.6. The molecule has 3 aromatic rings. The third kappa shape index (κ3) is 4.10. The number of H-pyrrole nitrogens is 1. The normalized spacial score (nSPS) is 15.6. The number of hydrogen-bond acceptors (Lipinski definition) is 5. The molecule has 29 heavy (non-hydrogen) atoms. The van der Waals surface area contributed by atoms with Crippen LogP contribution in [0.3, 0.4) is 0 Å². The topological polar surface area (TPSA) is 92.8 Å². The van der Waals surface area contributed by atoms with Crippen molar-refractivity contribution in [1.29, 1.82) is 0 Å². The number of Topliss-reactive ketones (excluding diaryl/α,β-unsaturated/α-hetero) is 1. The van der Waals surface area contributed by atoms with E-state index in [0.717, 1.165) is 31.2 Å². The molecule has 0 bridgehead atoms. The number of rotatable bonds is 6. The Morgan fingerprint density at radius 2 is 1.93 bits per heavy atom. The van der Waals surface area contributed by atoms with Crippen LogP contribution in [0.5, 0.6) is 0 Å². The molecule has 0 radical (unpaired) electrons. The highest BCUT2D eigenvalue weighted by molar-refractivity contribution is 7.91. The van der Waals surface area contributed by atoms with Gasteiger partial charge in [0.15, 0.2) is 10.7 Å². The summed E-state index contributed by atoms with van der Waals surface area (Å²) in [4.78, 5) is 24.7. The van der Waals surface area contributed by atoms with E-state index in [1.165, 1.54) is 6.42 Å². The van der Waals surface area contributed by atoms with E-state index < -0.39 is 9.84 Å². The van der Waals surface area contributed by atoms with Gasteiger partial charge in [-0.25, -0.2) is 18.4 Å². The lowest BCUT2D eigenvalue weighted by Gasteiger charge is -2.20. The number of carbonyl (C=O) groups excluding carboxylic acids is 1. The Morgan fingerprint density at radius 3 is 2.69 bits per heavy atom. The predicted octanol–water partition coefficient (Wildman–Crippen LogP) is 4.18. The molecule has 1 aliphatic carbocycles. The summed E-state index contributed by atoms with van der Waals surface area (Å²) in [5.41, 5.74) is 2.25. The van der Waals surface area contributed by atoms with E-state index in [2.05, 4.69) is 15.0 Å². The van der Waals surface area contributed by atoms with E-state index in [0.29, 0.717) is 23.3 Å². The summed E-state index contributed by atoms with van der Waals surface area (Å²) in [5, 5.41) is -0.0607. The van der Waals surface area contributed by atoms with Crippen LogP contribution in [-0.4, -0.2) is 29.2 Å². The standard InChI is InChI=1S/C22H25N3O3S/c1-15-6-5-9-17(14-15)29(27,28)22-19(24-18-12-13-23-21(18)25-22)10-11-20(26)16-7-3-2-4-8-16/h5-6,9,12-14,16H,2-4,7-8,10-11H2,1H3,(H,23,25). The lowest BCUT2D eigenvalue weighted by Crippen LogP contribution is -2.19. The molecule has 7 heteroatoms. The van der Waals surface area contributed by atoms with Gasteiger partial charge in [0.1, 0.15) is 11.3 Å². The summed E-state index contributed by atoms with van der Waals surface area (Å²) in [5.74, 6) is 0.309. The molecular weight excluding hydrogens is 386 g/mol. The number of benzene rings is 1. The zero-order valence-corrected chi connectivity index (χ0v) is 17.3. The Kier molecular flexibility index (Phi) is 5.50. The van der Waals surface area contributed by atoms with Crippen molar-refractivity contribution in [2.45, 2.75) is 61.8 Å². The smallest absolute Gasteiger partial charge is 0.225 e. The van der Waals surface area contributed by atoms with Gasteiger partial charge < -0.3 is 4.98 Å². The second-order valence-electron chi connectivity index (χ2n) is 7.81. The van der Waals surface area contributed by atoms with Gasteiger partial charge in [0.05, 0.1) is 10.6 Å². The average Bonchev–Trinajstić information content (AvgIpc) is 3.19. The Balaban J connectivity index is 1.68. The molecule has 0 spiro atoms. The third-order valence-corrected chi connectivity index (χ3v) is 7.35. The molecule has 1 saturated carbocycles. The first kappa shape index (κ1) is 19.8. The van der Waals surface area contributed by atoms with Crippen molar-refractivity contribution in [2.24, 2.45) is 5.92 Å². The van der Waals surface area contributed by atoms with Crippen LogP contribution in [0.4, 0.5) is 0 Å². The van der Waals surface area contributed by atoms with Crippen molar-refractivity contribution in [3.8, 4) is 0 Å². The molecule has 2 heterocycles. The van der Waals surface area contributed by atoms with Gasteiger partial charge in [0, 0.05) is 18.5 Å². The zero-order valence-electron chi connectivity index (χ0n) is 16.5. The number of sulfone groups is 1. The van der Waals surface area contributed by atoms with E-state index in [-0.39, 0.29) is 28.0 Å². The van der Waals surface area contributed by atoms with Gasteiger partial charge >= 0.3 is 0 Å². The number of hydrogen-bond donors (Lipinski definition) is 1. The van der Waals surface area contributed by atoms with Crippen molar-refractivity contribution < 1.29 is 13.2 Å². The molecule has 2 aromatic heterocycles. The molecule has 0 saturated heterocycles. The minimum atomic E-state index is -3.84. The molecule has 6 nitrogen and oxygen atoms in total. The first-order chi connectivity index (χ1) is 13.9. The lowest BCUT2D eigenvalue weighted by atomic mass is 9.85. The number of aromatic nitrogens is 3.